The summed E-state index contributed by atoms with van der Waals surface area (Å²) in [7, 11) is -0.222. The number of hydrogen-bond donors (Lipinski definition) is 1. The number of carbonyl (C=O) groups excluding carboxylic acids is 1. The van der Waals surface area contributed by atoms with Gasteiger partial charge in [0.15, 0.2) is 0 Å². The number of rotatable bonds is 8. The van der Waals surface area contributed by atoms with Crippen molar-refractivity contribution in [2.45, 2.75) is 32.7 Å². The molecule has 0 aliphatic heterocycles. The normalized spacial score (nSPS) is 15.3. The number of amides is 1. The fraction of sp³-hybridized carbons (Fsp3) is 0.750. The van der Waals surface area contributed by atoms with Crippen LogP contribution in [0.15, 0.2) is 11.6 Å². The van der Waals surface area contributed by atoms with Gasteiger partial charge in [0.2, 0.25) is 5.91 Å². The molecule has 1 amide bonds. The van der Waals surface area contributed by atoms with Gasteiger partial charge in [-0.1, -0.05) is 6.08 Å². The molecule has 0 heterocycles. The molecule has 0 spiro atoms. The van der Waals surface area contributed by atoms with Crippen molar-refractivity contribution in [2.75, 3.05) is 26.4 Å². The third-order valence-corrected chi connectivity index (χ3v) is 4.26. The highest BCUT2D eigenvalue weighted by Crippen LogP contribution is 2.13. The first-order valence-electron chi connectivity index (χ1n) is 6.18. The van der Waals surface area contributed by atoms with Crippen molar-refractivity contribution in [3.63, 3.8) is 0 Å². The fourth-order valence-electron chi connectivity index (χ4n) is 1.60. The van der Waals surface area contributed by atoms with Crippen LogP contribution in [-0.4, -0.2) is 55.8 Å². The SMILES string of the molecule is CC(=CCC[N+](C)(C)C(C)CCS(=O)(=O)[O-])C(N)=O. The van der Waals surface area contributed by atoms with Gasteiger partial charge >= 0.3 is 0 Å². The van der Waals surface area contributed by atoms with Crippen molar-refractivity contribution in [2.24, 2.45) is 5.73 Å². The topological polar surface area (TPSA) is 100 Å². The Balaban J connectivity index is 4.38. The Bertz CT molecular complexity index is 441. The first kappa shape index (κ1) is 18.1. The summed E-state index contributed by atoms with van der Waals surface area (Å²) < 4.78 is 32.4. The minimum atomic E-state index is -4.16. The van der Waals surface area contributed by atoms with E-state index in [9.17, 15) is 17.8 Å². The first-order valence-corrected chi connectivity index (χ1v) is 7.76. The van der Waals surface area contributed by atoms with E-state index in [2.05, 4.69) is 0 Å². The molecule has 0 radical (unpaired) electrons. The highest BCUT2D eigenvalue weighted by molar-refractivity contribution is 7.85. The summed E-state index contributed by atoms with van der Waals surface area (Å²) in [6.07, 6.45) is 2.78. The number of nitrogens with zero attached hydrogens (tertiary/aromatic N) is 1. The Labute approximate surface area is 115 Å². The van der Waals surface area contributed by atoms with Gasteiger partial charge in [-0.2, -0.15) is 0 Å². The number of nitrogens with two attached hydrogens (primary N) is 1. The van der Waals surface area contributed by atoms with Crippen molar-refractivity contribution in [3.05, 3.63) is 11.6 Å². The van der Waals surface area contributed by atoms with Crippen LogP contribution in [0.1, 0.15) is 26.7 Å². The Kier molecular flexibility index (Phi) is 6.68. The van der Waals surface area contributed by atoms with Crippen molar-refractivity contribution in [3.8, 4) is 0 Å². The summed E-state index contributed by atoms with van der Waals surface area (Å²) in [5.74, 6) is -0.776. The Hall–Kier alpha value is -0.920. The van der Waals surface area contributed by atoms with Crippen LogP contribution in [0.4, 0.5) is 0 Å². The highest BCUT2D eigenvalue weighted by atomic mass is 32.2. The van der Waals surface area contributed by atoms with Crippen LogP contribution in [0.5, 0.6) is 0 Å². The largest absolute Gasteiger partial charge is 0.748 e. The van der Waals surface area contributed by atoms with Crippen LogP contribution in [0.3, 0.4) is 0 Å². The average molecular weight is 292 g/mol. The van der Waals surface area contributed by atoms with E-state index in [1.807, 2.05) is 21.0 Å². The first-order chi connectivity index (χ1) is 8.46. The molecular weight excluding hydrogens is 268 g/mol. The zero-order chi connectivity index (χ0) is 15.3. The quantitative estimate of drug-likeness (QED) is 0.392. The van der Waals surface area contributed by atoms with E-state index < -0.39 is 16.0 Å². The minimum Gasteiger partial charge on any atom is -0.748 e. The lowest BCUT2D eigenvalue weighted by atomic mass is 10.1. The van der Waals surface area contributed by atoms with Crippen LogP contribution < -0.4 is 5.73 Å². The van der Waals surface area contributed by atoms with Gasteiger partial charge in [0.05, 0.1) is 36.8 Å². The van der Waals surface area contributed by atoms with Crippen molar-refractivity contribution in [1.82, 2.24) is 0 Å². The molecule has 112 valence electrons. The van der Waals surface area contributed by atoms with Crippen molar-refractivity contribution >= 4 is 16.0 Å². The summed E-state index contributed by atoms with van der Waals surface area (Å²) in [4.78, 5) is 10.8. The Morgan fingerprint density at radius 2 is 1.95 bits per heavy atom. The van der Waals surface area contributed by atoms with Gasteiger partial charge in [-0.15, -0.1) is 0 Å². The van der Waals surface area contributed by atoms with Gasteiger partial charge < -0.3 is 14.8 Å². The van der Waals surface area contributed by atoms with Gasteiger partial charge in [0.1, 0.15) is 0 Å². The van der Waals surface area contributed by atoms with E-state index in [4.69, 9.17) is 5.73 Å². The predicted molar refractivity (Wildman–Crippen MR) is 73.2 cm³/mol. The molecule has 0 aliphatic rings. The standard InChI is InChI=1S/C12H24N2O4S/c1-10(12(13)15)6-5-8-14(3,4)11(2)7-9-19(16,17)18/h6,11H,5,7-9H2,1-4H3,(H2-,13,15,16,17,18). The molecule has 1 unspecified atom stereocenters. The predicted octanol–water partition coefficient (Wildman–Crippen LogP) is 0.208. The molecule has 1 atom stereocenters. The molecule has 0 saturated heterocycles. The van der Waals surface area contributed by atoms with Gasteiger partial charge in [0.25, 0.3) is 0 Å². The highest BCUT2D eigenvalue weighted by Gasteiger charge is 2.23. The molecule has 7 heteroatoms. The van der Waals surface area contributed by atoms with Crippen LogP contribution in [0, 0.1) is 0 Å². The van der Waals surface area contributed by atoms with Gasteiger partial charge in [0, 0.05) is 24.2 Å². The molecule has 2 N–H and O–H groups in total. The number of quaternary nitrogens is 1. The van der Waals surface area contributed by atoms with E-state index in [0.717, 1.165) is 6.54 Å². The number of hydrogen-bond acceptors (Lipinski definition) is 4. The molecule has 0 aromatic rings. The maximum atomic E-state index is 10.8. The fourth-order valence-corrected chi connectivity index (χ4v) is 2.23. The molecule has 0 aromatic carbocycles. The van der Waals surface area contributed by atoms with Crippen LogP contribution in [0.2, 0.25) is 0 Å². The van der Waals surface area contributed by atoms with Gasteiger partial charge in [-0.25, -0.2) is 8.42 Å². The van der Waals surface area contributed by atoms with E-state index in [1.165, 1.54) is 0 Å². The lowest BCUT2D eigenvalue weighted by Crippen LogP contribution is -2.48. The zero-order valence-electron chi connectivity index (χ0n) is 12.0. The van der Waals surface area contributed by atoms with Crippen molar-refractivity contribution < 1.29 is 22.2 Å². The maximum absolute atomic E-state index is 10.8. The second kappa shape index (κ2) is 7.02. The Morgan fingerprint density at radius 1 is 1.42 bits per heavy atom. The van der Waals surface area contributed by atoms with Crippen LogP contribution in [0.25, 0.3) is 0 Å². The lowest BCUT2D eigenvalue weighted by Gasteiger charge is -2.36. The molecule has 0 aliphatic carbocycles. The van der Waals surface area contributed by atoms with Gasteiger partial charge in [-0.3, -0.25) is 4.79 Å². The second-order valence-corrected chi connectivity index (χ2v) is 6.97. The summed E-state index contributed by atoms with van der Waals surface area (Å²) in [5.41, 5.74) is 5.65. The number of carbonyl (C=O) groups is 1. The molecule has 0 fully saturated rings. The smallest absolute Gasteiger partial charge is 0.244 e. The molecule has 0 rings (SSSR count). The molecule has 6 nitrogen and oxygen atoms in total. The third kappa shape index (κ3) is 7.97. The van der Waals surface area contributed by atoms with E-state index in [0.29, 0.717) is 22.9 Å². The minimum absolute atomic E-state index is 0.0472. The van der Waals surface area contributed by atoms with Gasteiger partial charge in [-0.05, 0) is 13.8 Å². The molecular formula is C12H24N2O4S. The summed E-state index contributed by atoms with van der Waals surface area (Å²) in [6.45, 7) is 4.32. The molecule has 0 saturated carbocycles. The van der Waals surface area contributed by atoms with E-state index >= 15 is 0 Å². The second-order valence-electron chi connectivity index (χ2n) is 5.44. The van der Waals surface area contributed by atoms with Crippen molar-refractivity contribution in [1.29, 1.82) is 0 Å². The van der Waals surface area contributed by atoms with E-state index in [1.54, 1.807) is 13.0 Å². The van der Waals surface area contributed by atoms with Crippen LogP contribution in [-0.2, 0) is 14.9 Å². The maximum Gasteiger partial charge on any atom is 0.244 e. The average Bonchev–Trinajstić information content (AvgIpc) is 2.24. The monoisotopic (exact) mass is 292 g/mol. The van der Waals surface area contributed by atoms with E-state index in [-0.39, 0.29) is 11.8 Å². The number of primary amides is 1. The summed E-state index contributed by atoms with van der Waals surface area (Å²) in [5, 5.41) is 0. The zero-order valence-corrected chi connectivity index (χ0v) is 12.9. The molecule has 0 aromatic heterocycles. The Morgan fingerprint density at radius 3 is 2.37 bits per heavy atom. The molecule has 19 heavy (non-hydrogen) atoms. The summed E-state index contributed by atoms with van der Waals surface area (Å²) >= 11 is 0. The molecule has 0 bridgehead atoms. The lowest BCUT2D eigenvalue weighted by molar-refractivity contribution is -0.912. The summed E-state index contributed by atoms with van der Waals surface area (Å²) in [6, 6.07) is 0.0472. The van der Waals surface area contributed by atoms with Crippen LogP contribution >= 0.6 is 0 Å². The third-order valence-electron chi connectivity index (χ3n) is 3.52.